The number of aromatic nitrogens is 2. The molecule has 0 bridgehead atoms. The summed E-state index contributed by atoms with van der Waals surface area (Å²) >= 11 is 2.19. The van der Waals surface area contributed by atoms with Gasteiger partial charge in [0.15, 0.2) is 0 Å². The van der Waals surface area contributed by atoms with Crippen LogP contribution in [0.3, 0.4) is 0 Å². The lowest BCUT2D eigenvalue weighted by Gasteiger charge is -1.99. The number of hydrogen-bond acceptors (Lipinski definition) is 2. The Balaban J connectivity index is 2.85. The van der Waals surface area contributed by atoms with Crippen molar-refractivity contribution < 1.29 is 0 Å². The van der Waals surface area contributed by atoms with Crippen LogP contribution in [0, 0.1) is 0 Å². The summed E-state index contributed by atoms with van der Waals surface area (Å²) in [6, 6.07) is 7.09. The van der Waals surface area contributed by atoms with Crippen LogP contribution < -0.4 is 5.56 Å². The van der Waals surface area contributed by atoms with Gasteiger partial charge in [0.1, 0.15) is 5.65 Å². The van der Waals surface area contributed by atoms with E-state index >= 15 is 0 Å². The monoisotopic (exact) mass is 286 g/mol. The van der Waals surface area contributed by atoms with E-state index in [0.717, 1.165) is 10.1 Å². The smallest absolute Gasteiger partial charge is 0.258 e. The van der Waals surface area contributed by atoms with Gasteiger partial charge in [-0.15, -0.1) is 0 Å². The summed E-state index contributed by atoms with van der Waals surface area (Å²) in [5.41, 5.74) is 1.52. The molecule has 2 aromatic rings. The summed E-state index contributed by atoms with van der Waals surface area (Å²) in [4.78, 5) is 15.8. The van der Waals surface area contributed by atoms with Crippen LogP contribution in [0.4, 0.5) is 0 Å². The first-order chi connectivity index (χ1) is 6.31. The van der Waals surface area contributed by atoms with Gasteiger partial charge in [-0.05, 0) is 12.1 Å². The molecule has 0 aliphatic rings. The van der Waals surface area contributed by atoms with Gasteiger partial charge in [0.05, 0.1) is 5.69 Å². The van der Waals surface area contributed by atoms with Crippen molar-refractivity contribution in [1.29, 1.82) is 0 Å². The first-order valence-corrected chi connectivity index (χ1v) is 5.37. The van der Waals surface area contributed by atoms with E-state index in [4.69, 9.17) is 0 Å². The van der Waals surface area contributed by atoms with Crippen molar-refractivity contribution in [2.24, 2.45) is 0 Å². The van der Waals surface area contributed by atoms with E-state index in [1.54, 1.807) is 12.3 Å². The van der Waals surface area contributed by atoms with E-state index in [2.05, 4.69) is 27.6 Å². The normalized spacial score (nSPS) is 10.5. The second-order valence-corrected chi connectivity index (χ2v) is 3.41. The summed E-state index contributed by atoms with van der Waals surface area (Å²) < 4.78 is 2.30. The second-order valence-electron chi connectivity index (χ2n) is 2.65. The van der Waals surface area contributed by atoms with Crippen molar-refractivity contribution in [3.05, 3.63) is 46.5 Å². The Morgan fingerprint density at radius 2 is 2.31 bits per heavy atom. The van der Waals surface area contributed by atoms with Crippen LogP contribution in [0.25, 0.3) is 5.65 Å². The van der Waals surface area contributed by atoms with Gasteiger partial charge in [-0.2, -0.15) is 0 Å². The maximum atomic E-state index is 11.5. The fraction of sp³-hybridized carbons (Fsp3) is 0.111. The molecular weight excluding hydrogens is 279 g/mol. The van der Waals surface area contributed by atoms with E-state index in [0.29, 0.717) is 5.65 Å². The van der Waals surface area contributed by atoms with Crippen LogP contribution in [0.1, 0.15) is 5.69 Å². The van der Waals surface area contributed by atoms with Crippen molar-refractivity contribution in [2.75, 3.05) is 0 Å². The lowest BCUT2D eigenvalue weighted by atomic mass is 10.4. The summed E-state index contributed by atoms with van der Waals surface area (Å²) in [7, 11) is 0. The average Bonchev–Trinajstić information content (AvgIpc) is 2.18. The molecule has 0 spiro atoms. The highest BCUT2D eigenvalue weighted by atomic mass is 127. The number of pyridine rings is 1. The molecule has 2 rings (SSSR count). The molecule has 2 aromatic heterocycles. The quantitative estimate of drug-likeness (QED) is 0.590. The fourth-order valence-corrected chi connectivity index (χ4v) is 1.56. The van der Waals surface area contributed by atoms with Gasteiger partial charge in [0, 0.05) is 16.7 Å². The van der Waals surface area contributed by atoms with E-state index in [1.165, 1.54) is 4.40 Å². The van der Waals surface area contributed by atoms with Gasteiger partial charge in [-0.3, -0.25) is 9.20 Å². The molecule has 13 heavy (non-hydrogen) atoms. The SMILES string of the molecule is O=c1cc(CI)nc2ccccn12. The summed E-state index contributed by atoms with van der Waals surface area (Å²) in [6.45, 7) is 0. The second kappa shape index (κ2) is 3.45. The molecule has 0 saturated heterocycles. The number of rotatable bonds is 1. The topological polar surface area (TPSA) is 34.4 Å². The van der Waals surface area contributed by atoms with E-state index < -0.39 is 0 Å². The van der Waals surface area contributed by atoms with Crippen LogP contribution in [0.15, 0.2) is 35.3 Å². The Morgan fingerprint density at radius 1 is 1.46 bits per heavy atom. The third-order valence-electron chi connectivity index (χ3n) is 1.76. The molecule has 0 radical (unpaired) electrons. The van der Waals surface area contributed by atoms with Crippen molar-refractivity contribution in [3.8, 4) is 0 Å². The molecule has 0 amide bonds. The first-order valence-electron chi connectivity index (χ1n) is 3.84. The van der Waals surface area contributed by atoms with Crippen molar-refractivity contribution >= 4 is 28.2 Å². The van der Waals surface area contributed by atoms with Crippen LogP contribution >= 0.6 is 22.6 Å². The first kappa shape index (κ1) is 8.68. The van der Waals surface area contributed by atoms with E-state index in [1.807, 2.05) is 18.2 Å². The summed E-state index contributed by atoms with van der Waals surface area (Å²) in [6.07, 6.45) is 1.72. The Labute approximate surface area is 88.6 Å². The highest BCUT2D eigenvalue weighted by Crippen LogP contribution is 2.02. The predicted octanol–water partition coefficient (Wildman–Crippen LogP) is 1.63. The maximum Gasteiger partial charge on any atom is 0.258 e. The number of alkyl halides is 1. The number of hydrogen-bond donors (Lipinski definition) is 0. The molecule has 0 N–H and O–H groups in total. The molecule has 0 saturated carbocycles. The standard InChI is InChI=1S/C9H7IN2O/c10-6-7-5-9(13)12-4-2-1-3-8(12)11-7/h1-5H,6H2. The van der Waals surface area contributed by atoms with Crippen molar-refractivity contribution in [3.63, 3.8) is 0 Å². The van der Waals surface area contributed by atoms with Gasteiger partial charge >= 0.3 is 0 Å². The average molecular weight is 286 g/mol. The summed E-state index contributed by atoms with van der Waals surface area (Å²) in [5.74, 6) is 0. The molecule has 4 heteroatoms. The summed E-state index contributed by atoms with van der Waals surface area (Å²) in [5, 5.41) is 0. The maximum absolute atomic E-state index is 11.5. The Hall–Kier alpha value is -0.910. The molecule has 66 valence electrons. The molecule has 0 fully saturated rings. The molecule has 0 unspecified atom stereocenters. The highest BCUT2D eigenvalue weighted by Gasteiger charge is 1.98. The van der Waals surface area contributed by atoms with Crippen LogP contribution in [0.2, 0.25) is 0 Å². The zero-order chi connectivity index (χ0) is 9.26. The fourth-order valence-electron chi connectivity index (χ4n) is 1.17. The van der Waals surface area contributed by atoms with Crippen molar-refractivity contribution in [1.82, 2.24) is 9.38 Å². The zero-order valence-corrected chi connectivity index (χ0v) is 8.93. The molecular formula is C9H7IN2O. The van der Waals surface area contributed by atoms with Crippen LogP contribution in [-0.4, -0.2) is 9.38 Å². The molecule has 0 atom stereocenters. The highest BCUT2D eigenvalue weighted by molar-refractivity contribution is 14.1. The number of fused-ring (bicyclic) bond motifs is 1. The van der Waals surface area contributed by atoms with Gasteiger partial charge in [-0.25, -0.2) is 4.98 Å². The Morgan fingerprint density at radius 3 is 3.08 bits per heavy atom. The van der Waals surface area contributed by atoms with Gasteiger partial charge in [0.25, 0.3) is 5.56 Å². The molecule has 3 nitrogen and oxygen atoms in total. The zero-order valence-electron chi connectivity index (χ0n) is 6.77. The van der Waals surface area contributed by atoms with Crippen LogP contribution in [-0.2, 0) is 4.43 Å². The lowest BCUT2D eigenvalue weighted by molar-refractivity contribution is 1.02. The predicted molar refractivity (Wildman–Crippen MR) is 59.2 cm³/mol. The minimum absolute atomic E-state index is 0.0164. The largest absolute Gasteiger partial charge is 0.269 e. The van der Waals surface area contributed by atoms with Crippen molar-refractivity contribution in [2.45, 2.75) is 4.43 Å². The van der Waals surface area contributed by atoms with E-state index in [-0.39, 0.29) is 5.56 Å². The third kappa shape index (κ3) is 1.58. The minimum atomic E-state index is -0.0164. The molecule has 2 heterocycles. The van der Waals surface area contributed by atoms with Gasteiger partial charge in [0.2, 0.25) is 0 Å². The van der Waals surface area contributed by atoms with Crippen LogP contribution in [0.5, 0.6) is 0 Å². The van der Waals surface area contributed by atoms with Gasteiger partial charge < -0.3 is 0 Å². The Bertz CT molecular complexity index is 492. The third-order valence-corrected chi connectivity index (χ3v) is 2.54. The molecule has 0 aliphatic carbocycles. The van der Waals surface area contributed by atoms with Gasteiger partial charge in [-0.1, -0.05) is 28.7 Å². The minimum Gasteiger partial charge on any atom is -0.269 e. The number of halogens is 1. The molecule has 0 aromatic carbocycles. The number of nitrogens with zero attached hydrogens (tertiary/aromatic N) is 2. The van der Waals surface area contributed by atoms with E-state index in [9.17, 15) is 4.79 Å². The Kier molecular flexibility index (Phi) is 2.30. The lowest BCUT2D eigenvalue weighted by Crippen LogP contribution is -2.14. The molecule has 0 aliphatic heterocycles.